The van der Waals surface area contributed by atoms with Crippen LogP contribution in [0.3, 0.4) is 0 Å². The largest absolute Gasteiger partial charge is 0.277 e. The topological polar surface area (TPSA) is 54.5 Å². The fourth-order valence-corrected chi connectivity index (χ4v) is 3.42. The molecule has 0 aromatic heterocycles. The molecule has 1 aliphatic rings. The van der Waals surface area contributed by atoms with E-state index < -0.39 is 9.84 Å². The Morgan fingerprint density at radius 3 is 2.12 bits per heavy atom. The molecule has 1 amide bonds. The summed E-state index contributed by atoms with van der Waals surface area (Å²) in [4.78, 5) is 14.1. The summed E-state index contributed by atoms with van der Waals surface area (Å²) in [7, 11) is -3.27. The third kappa shape index (κ3) is 3.07. The molecule has 2 aromatic rings. The predicted molar refractivity (Wildman–Crippen MR) is 98.3 cm³/mol. The first kappa shape index (κ1) is 16.7. The van der Waals surface area contributed by atoms with E-state index in [0.717, 1.165) is 21.9 Å². The second-order valence-electron chi connectivity index (χ2n) is 5.45. The number of anilines is 1. The number of allylic oxidation sites excluding steroid dienone is 1. The molecule has 24 heavy (non-hydrogen) atoms. The van der Waals surface area contributed by atoms with Crippen molar-refractivity contribution >= 4 is 42.9 Å². The van der Waals surface area contributed by atoms with Gasteiger partial charge in [-0.3, -0.25) is 9.69 Å². The van der Waals surface area contributed by atoms with Gasteiger partial charge in [0, 0.05) is 28.1 Å². The zero-order valence-electron chi connectivity index (χ0n) is 12.9. The number of sulfone groups is 1. The van der Waals surface area contributed by atoms with Crippen molar-refractivity contribution in [2.24, 2.45) is 0 Å². The molecule has 3 rings (SSSR count). The fourth-order valence-electron chi connectivity index (χ4n) is 2.53. The molecule has 0 radical (unpaired) electrons. The monoisotopic (exact) mass is 403 g/mol. The summed E-state index contributed by atoms with van der Waals surface area (Å²) in [6.45, 7) is 4.02. The second-order valence-corrected chi connectivity index (χ2v) is 8.38. The van der Waals surface area contributed by atoms with Gasteiger partial charge in [-0.15, -0.1) is 0 Å². The van der Waals surface area contributed by atoms with Gasteiger partial charge in [-0.2, -0.15) is 0 Å². The molecule has 0 unspecified atom stereocenters. The van der Waals surface area contributed by atoms with Gasteiger partial charge >= 0.3 is 0 Å². The molecule has 2 aromatic carbocycles. The number of carbonyl (C=O) groups excluding carboxylic acids is 1. The van der Waals surface area contributed by atoms with E-state index in [0.29, 0.717) is 11.4 Å². The lowest BCUT2D eigenvalue weighted by Crippen LogP contribution is -2.23. The molecule has 0 aliphatic carbocycles. The highest BCUT2D eigenvalue weighted by molar-refractivity contribution is 9.10. The number of hydrogen-bond donors (Lipinski definition) is 0. The minimum atomic E-state index is -3.27. The Balaban J connectivity index is 1.93. The van der Waals surface area contributed by atoms with Gasteiger partial charge in [0.25, 0.3) is 5.91 Å². The minimum Gasteiger partial charge on any atom is -0.277 e. The molecule has 4 nitrogen and oxygen atoms in total. The van der Waals surface area contributed by atoms with Crippen LogP contribution in [0.1, 0.15) is 5.56 Å². The number of carbonyl (C=O) groups is 1. The molecular formula is C18H14BrNO3S. The summed E-state index contributed by atoms with van der Waals surface area (Å²) in [5.41, 5.74) is 2.79. The van der Waals surface area contributed by atoms with E-state index in [-0.39, 0.29) is 10.8 Å². The molecule has 0 spiro atoms. The van der Waals surface area contributed by atoms with Crippen molar-refractivity contribution in [1.82, 2.24) is 0 Å². The van der Waals surface area contributed by atoms with Crippen LogP contribution in [0.15, 0.2) is 76.3 Å². The maximum absolute atomic E-state index is 12.4. The number of halogens is 1. The maximum Gasteiger partial charge on any atom is 0.256 e. The van der Waals surface area contributed by atoms with E-state index in [2.05, 4.69) is 22.5 Å². The highest BCUT2D eigenvalue weighted by Crippen LogP contribution is 2.35. The van der Waals surface area contributed by atoms with Crippen LogP contribution in [0.5, 0.6) is 0 Å². The van der Waals surface area contributed by atoms with Crippen molar-refractivity contribution in [1.29, 1.82) is 0 Å². The van der Waals surface area contributed by atoms with Crippen LogP contribution >= 0.6 is 15.9 Å². The Labute approximate surface area is 149 Å². The van der Waals surface area contributed by atoms with Crippen LogP contribution < -0.4 is 4.90 Å². The standard InChI is InChI=1S/C18H14BrNO3S/c1-12-17(13-3-5-14(19)6-4-13)11-18(21)20(12)15-7-9-16(10-8-15)24(2,22)23/h3-11H,1H2,2H3. The van der Waals surface area contributed by atoms with Gasteiger partial charge in [0.1, 0.15) is 0 Å². The van der Waals surface area contributed by atoms with Crippen molar-refractivity contribution in [2.75, 3.05) is 11.2 Å². The lowest BCUT2D eigenvalue weighted by atomic mass is 10.1. The molecule has 1 aliphatic heterocycles. The zero-order chi connectivity index (χ0) is 17.5. The van der Waals surface area contributed by atoms with E-state index >= 15 is 0 Å². The molecule has 0 fully saturated rings. The van der Waals surface area contributed by atoms with E-state index in [1.54, 1.807) is 12.1 Å². The Morgan fingerprint density at radius 1 is 1.00 bits per heavy atom. The van der Waals surface area contributed by atoms with Crippen LogP contribution in [-0.2, 0) is 14.6 Å². The van der Waals surface area contributed by atoms with E-state index in [9.17, 15) is 13.2 Å². The van der Waals surface area contributed by atoms with Gasteiger partial charge in [0.15, 0.2) is 9.84 Å². The average Bonchev–Trinajstić information content (AvgIpc) is 2.82. The van der Waals surface area contributed by atoms with Gasteiger partial charge in [-0.1, -0.05) is 34.6 Å². The summed E-state index contributed by atoms with van der Waals surface area (Å²) in [6, 6.07) is 13.8. The quantitative estimate of drug-likeness (QED) is 0.782. The third-order valence-electron chi connectivity index (χ3n) is 3.75. The molecule has 1 heterocycles. The molecule has 0 saturated carbocycles. The second kappa shape index (κ2) is 6.03. The predicted octanol–water partition coefficient (Wildman–Crippen LogP) is 3.80. The highest BCUT2D eigenvalue weighted by atomic mass is 79.9. The number of rotatable bonds is 3. The van der Waals surface area contributed by atoms with Crippen molar-refractivity contribution in [3.63, 3.8) is 0 Å². The molecule has 0 bridgehead atoms. The number of benzene rings is 2. The van der Waals surface area contributed by atoms with Gasteiger partial charge in [0.2, 0.25) is 0 Å². The zero-order valence-corrected chi connectivity index (χ0v) is 15.3. The lowest BCUT2D eigenvalue weighted by molar-refractivity contribution is -0.113. The van der Waals surface area contributed by atoms with E-state index in [1.165, 1.54) is 23.1 Å². The first-order valence-corrected chi connectivity index (χ1v) is 9.77. The number of amides is 1. The minimum absolute atomic E-state index is 0.204. The van der Waals surface area contributed by atoms with Crippen molar-refractivity contribution < 1.29 is 13.2 Å². The molecule has 6 heteroatoms. The first-order valence-electron chi connectivity index (χ1n) is 7.08. The summed E-state index contributed by atoms with van der Waals surface area (Å²) in [5, 5.41) is 0. The van der Waals surface area contributed by atoms with Gasteiger partial charge < -0.3 is 0 Å². The third-order valence-corrected chi connectivity index (χ3v) is 5.40. The van der Waals surface area contributed by atoms with Crippen LogP contribution in [0, 0.1) is 0 Å². The molecule has 0 N–H and O–H groups in total. The molecular weight excluding hydrogens is 390 g/mol. The molecule has 0 atom stereocenters. The van der Waals surface area contributed by atoms with Crippen LogP contribution in [-0.4, -0.2) is 20.6 Å². The Bertz CT molecular complexity index is 958. The summed E-state index contributed by atoms with van der Waals surface area (Å²) >= 11 is 3.38. The fraction of sp³-hybridized carbons (Fsp3) is 0.0556. The lowest BCUT2D eigenvalue weighted by Gasteiger charge is -2.19. The molecule has 122 valence electrons. The summed E-state index contributed by atoms with van der Waals surface area (Å²) in [6.07, 6.45) is 2.69. The SMILES string of the molecule is C=C1C(c2ccc(Br)cc2)=CC(=O)N1c1ccc(S(C)(=O)=O)cc1. The van der Waals surface area contributed by atoms with E-state index in [4.69, 9.17) is 0 Å². The number of hydrogen-bond acceptors (Lipinski definition) is 3. The van der Waals surface area contributed by atoms with Gasteiger partial charge in [-0.25, -0.2) is 8.42 Å². The normalized spacial score (nSPS) is 14.9. The van der Waals surface area contributed by atoms with Crippen molar-refractivity contribution in [3.8, 4) is 0 Å². The number of nitrogens with zero attached hydrogens (tertiary/aromatic N) is 1. The van der Waals surface area contributed by atoms with Crippen LogP contribution in [0.4, 0.5) is 5.69 Å². The Hall–Kier alpha value is -2.18. The highest BCUT2D eigenvalue weighted by Gasteiger charge is 2.28. The average molecular weight is 404 g/mol. The van der Waals surface area contributed by atoms with Crippen molar-refractivity contribution in [2.45, 2.75) is 4.90 Å². The Morgan fingerprint density at radius 2 is 1.58 bits per heavy atom. The summed E-state index contributed by atoms with van der Waals surface area (Å²) < 4.78 is 24.0. The van der Waals surface area contributed by atoms with Gasteiger partial charge in [0.05, 0.1) is 10.6 Å². The first-order chi connectivity index (χ1) is 11.3. The molecule has 0 saturated heterocycles. The summed E-state index contributed by atoms with van der Waals surface area (Å²) in [5.74, 6) is -0.204. The van der Waals surface area contributed by atoms with Crippen LogP contribution in [0.2, 0.25) is 0 Å². The van der Waals surface area contributed by atoms with E-state index in [1.807, 2.05) is 24.3 Å². The maximum atomic E-state index is 12.4. The van der Waals surface area contributed by atoms with Gasteiger partial charge in [-0.05, 0) is 42.0 Å². The van der Waals surface area contributed by atoms with Crippen LogP contribution in [0.25, 0.3) is 5.57 Å². The Kier molecular flexibility index (Phi) is 4.19. The van der Waals surface area contributed by atoms with Crippen molar-refractivity contribution in [3.05, 3.63) is 76.9 Å². The smallest absolute Gasteiger partial charge is 0.256 e.